The van der Waals surface area contributed by atoms with Gasteiger partial charge in [-0.1, -0.05) is 200 Å². The highest BCUT2D eigenvalue weighted by Crippen LogP contribution is 2.64. The summed E-state index contributed by atoms with van der Waals surface area (Å²) in [5.41, 5.74) is 18.4. The molecule has 9 aromatic rings. The number of benzene rings is 7. The minimum absolute atomic E-state index is 0.203. The Labute approximate surface area is 397 Å². The number of allylic oxidation sites excluding steroid dienone is 9. The summed E-state index contributed by atoms with van der Waals surface area (Å²) in [4.78, 5) is 15.4. The average Bonchev–Trinajstić information content (AvgIpc) is 3.99. The Hall–Kier alpha value is -8.21. The van der Waals surface area contributed by atoms with Crippen molar-refractivity contribution >= 4 is 17.0 Å². The molecule has 4 aliphatic rings. The van der Waals surface area contributed by atoms with Crippen molar-refractivity contribution in [3.8, 4) is 51.0 Å². The molecule has 4 heteroatoms. The van der Waals surface area contributed by atoms with E-state index in [1.54, 1.807) is 0 Å². The van der Waals surface area contributed by atoms with Crippen molar-refractivity contribution in [3.05, 3.63) is 269 Å². The molecule has 1 spiro atoms. The second kappa shape index (κ2) is 16.3. The third-order valence-electron chi connectivity index (χ3n) is 15.0. The quantitative estimate of drug-likeness (QED) is 0.153. The first-order valence-corrected chi connectivity index (χ1v) is 23.9. The van der Waals surface area contributed by atoms with E-state index in [0.29, 0.717) is 23.4 Å². The fraction of sp³-hybridized carbons (Fsp3) is 0.109. The van der Waals surface area contributed by atoms with Gasteiger partial charge in [-0.25, -0.2) is 15.0 Å². The lowest BCUT2D eigenvalue weighted by Gasteiger charge is -2.37. The van der Waals surface area contributed by atoms with Gasteiger partial charge in [0.05, 0.1) is 5.52 Å². The van der Waals surface area contributed by atoms with Crippen LogP contribution >= 0.6 is 0 Å². The smallest absolute Gasteiger partial charge is 0.164 e. The Kier molecular flexibility index (Phi) is 9.60. The molecule has 0 bridgehead atoms. The lowest BCUT2D eigenvalue weighted by atomic mass is 9.64. The van der Waals surface area contributed by atoms with Gasteiger partial charge in [-0.3, -0.25) is 0 Å². The molecule has 0 aliphatic heterocycles. The van der Waals surface area contributed by atoms with Gasteiger partial charge < -0.3 is 4.57 Å². The number of aromatic nitrogens is 4. The van der Waals surface area contributed by atoms with Crippen LogP contribution in [0.1, 0.15) is 46.4 Å². The van der Waals surface area contributed by atoms with Crippen LogP contribution in [0.4, 0.5) is 0 Å². The molecule has 13 rings (SSSR count). The molecule has 2 aromatic heterocycles. The highest BCUT2D eigenvalue weighted by molar-refractivity contribution is 5.92. The minimum Gasteiger partial charge on any atom is -0.310 e. The first-order chi connectivity index (χ1) is 33.6. The van der Waals surface area contributed by atoms with Gasteiger partial charge in [-0.05, 0) is 101 Å². The van der Waals surface area contributed by atoms with E-state index in [-0.39, 0.29) is 17.3 Å². The lowest BCUT2D eigenvalue weighted by Crippen LogP contribution is -2.34. The second-order valence-electron chi connectivity index (χ2n) is 18.6. The maximum Gasteiger partial charge on any atom is 0.164 e. The first-order valence-electron chi connectivity index (χ1n) is 23.9. The number of para-hydroxylation sites is 1. The van der Waals surface area contributed by atoms with Crippen molar-refractivity contribution in [2.75, 3.05) is 0 Å². The average molecular weight is 873 g/mol. The van der Waals surface area contributed by atoms with Gasteiger partial charge in [0, 0.05) is 56.6 Å². The van der Waals surface area contributed by atoms with Crippen LogP contribution in [-0.2, 0) is 18.3 Å². The second-order valence-corrected chi connectivity index (χ2v) is 18.6. The fourth-order valence-corrected chi connectivity index (χ4v) is 12.0. The zero-order valence-electron chi connectivity index (χ0n) is 37.9. The Balaban J connectivity index is 0.904. The summed E-state index contributed by atoms with van der Waals surface area (Å²) in [5.74, 6) is 2.77. The van der Waals surface area contributed by atoms with Gasteiger partial charge in [-0.2, -0.15) is 0 Å². The zero-order valence-corrected chi connectivity index (χ0v) is 37.9. The molecule has 0 N–H and O–H groups in total. The van der Waals surface area contributed by atoms with Crippen LogP contribution in [0.5, 0.6) is 0 Å². The van der Waals surface area contributed by atoms with Crippen molar-refractivity contribution < 1.29 is 0 Å². The summed E-state index contributed by atoms with van der Waals surface area (Å²) in [6.45, 7) is 2.39. The van der Waals surface area contributed by atoms with E-state index in [1.165, 1.54) is 72.4 Å². The number of hydrogen-bond donors (Lipinski definition) is 0. The normalized spacial score (nSPS) is 19.8. The Bertz CT molecular complexity index is 3520. The van der Waals surface area contributed by atoms with Crippen LogP contribution in [0.3, 0.4) is 0 Å². The van der Waals surface area contributed by atoms with E-state index in [0.717, 1.165) is 29.5 Å². The van der Waals surface area contributed by atoms with Gasteiger partial charge in [-0.15, -0.1) is 0 Å². The number of hydrogen-bond acceptors (Lipinski definition) is 3. The third-order valence-corrected chi connectivity index (χ3v) is 15.0. The van der Waals surface area contributed by atoms with Crippen LogP contribution in [0, 0.1) is 11.8 Å². The molecular formula is C64H48N4. The summed E-state index contributed by atoms with van der Waals surface area (Å²) < 4.78 is 2.45. The molecule has 4 nitrogen and oxygen atoms in total. The number of rotatable bonds is 8. The van der Waals surface area contributed by atoms with Crippen LogP contribution in [0.15, 0.2) is 236 Å². The Morgan fingerprint density at radius 1 is 0.588 bits per heavy atom. The minimum atomic E-state index is -0.369. The summed E-state index contributed by atoms with van der Waals surface area (Å²) in [5, 5.41) is 1.34. The van der Waals surface area contributed by atoms with Gasteiger partial charge in [0.25, 0.3) is 0 Å². The van der Waals surface area contributed by atoms with E-state index in [4.69, 9.17) is 15.0 Å². The maximum atomic E-state index is 5.18. The summed E-state index contributed by atoms with van der Waals surface area (Å²) in [6, 6.07) is 65.4. The molecule has 0 saturated heterocycles. The standard InChI is InChI=1S/C64H48N4/c1-42-50(30-18-19-43-33-37-59-54(39-43)55-40-47(44-20-6-2-7-21-44)35-38-60(55)68(59)49-26-12-5-13-27-49)51-28-14-16-31-56(51)64(42)57-32-17-15-29-52(57)53-36-34-48(41-58(53)64)63-66-61(45-22-8-3-9-23-45)65-62(67-63)46-24-10-4-11-25-46/h2-18,20-39,41,47,51,56H,19,40H2,1H3. The molecule has 4 atom stereocenters. The van der Waals surface area contributed by atoms with Gasteiger partial charge in [0.15, 0.2) is 17.5 Å². The van der Waals surface area contributed by atoms with Crippen LogP contribution in [0.25, 0.3) is 68.0 Å². The summed E-state index contributed by atoms with van der Waals surface area (Å²) >= 11 is 0. The molecule has 2 heterocycles. The van der Waals surface area contributed by atoms with Crippen molar-refractivity contribution in [2.24, 2.45) is 11.8 Å². The van der Waals surface area contributed by atoms with Gasteiger partial charge in [0.2, 0.25) is 0 Å². The highest BCUT2D eigenvalue weighted by Gasteiger charge is 2.56. The van der Waals surface area contributed by atoms with Crippen LogP contribution < -0.4 is 0 Å². The van der Waals surface area contributed by atoms with Crippen LogP contribution in [0.2, 0.25) is 0 Å². The van der Waals surface area contributed by atoms with Gasteiger partial charge >= 0.3 is 0 Å². The molecule has 324 valence electrons. The molecule has 68 heavy (non-hydrogen) atoms. The Morgan fingerprint density at radius 2 is 1.22 bits per heavy atom. The molecule has 4 aliphatic carbocycles. The van der Waals surface area contributed by atoms with E-state index in [1.807, 2.05) is 36.4 Å². The van der Waals surface area contributed by atoms with Gasteiger partial charge in [0.1, 0.15) is 0 Å². The van der Waals surface area contributed by atoms with Crippen molar-refractivity contribution in [3.63, 3.8) is 0 Å². The molecule has 0 saturated carbocycles. The van der Waals surface area contributed by atoms with E-state index in [2.05, 4.69) is 206 Å². The molecule has 0 amide bonds. The lowest BCUT2D eigenvalue weighted by molar-refractivity contribution is 0.430. The van der Waals surface area contributed by atoms with E-state index in [9.17, 15) is 0 Å². The van der Waals surface area contributed by atoms with Crippen molar-refractivity contribution in [1.29, 1.82) is 0 Å². The highest BCUT2D eigenvalue weighted by atomic mass is 15.0. The van der Waals surface area contributed by atoms with Crippen molar-refractivity contribution in [1.82, 2.24) is 19.5 Å². The predicted molar refractivity (Wildman–Crippen MR) is 278 cm³/mol. The predicted octanol–water partition coefficient (Wildman–Crippen LogP) is 14.9. The zero-order chi connectivity index (χ0) is 45.2. The fourth-order valence-electron chi connectivity index (χ4n) is 12.0. The largest absolute Gasteiger partial charge is 0.310 e. The SMILES string of the molecule is CC1=C(C=CCc2ccc3c(c2)c2c(n3-c3ccccc3)C=CC(c3ccccc3)C2)C2C=CC=CC2C12c1ccccc1-c1ccc(-c3nc(-c4ccccc4)nc(-c4ccccc4)n3)cc12. The van der Waals surface area contributed by atoms with Crippen LogP contribution in [-0.4, -0.2) is 19.5 Å². The molecule has 4 unspecified atom stereocenters. The Morgan fingerprint density at radius 3 is 1.96 bits per heavy atom. The maximum absolute atomic E-state index is 5.18. The number of nitrogens with zero attached hydrogens (tertiary/aromatic N) is 4. The molecule has 7 aromatic carbocycles. The summed E-state index contributed by atoms with van der Waals surface area (Å²) in [7, 11) is 0. The topological polar surface area (TPSA) is 43.6 Å². The molecule has 0 radical (unpaired) electrons. The third kappa shape index (κ3) is 6.39. The molecule has 0 fully saturated rings. The molecular weight excluding hydrogens is 825 g/mol. The van der Waals surface area contributed by atoms with E-state index < -0.39 is 0 Å². The summed E-state index contributed by atoms with van der Waals surface area (Å²) in [6.07, 6.45) is 20.8. The van der Waals surface area contributed by atoms with Crippen molar-refractivity contribution in [2.45, 2.75) is 31.1 Å². The first kappa shape index (κ1) is 40.1. The van der Waals surface area contributed by atoms with E-state index >= 15 is 0 Å². The monoisotopic (exact) mass is 872 g/mol. The number of fused-ring (bicyclic) bond motifs is 10.